The summed E-state index contributed by atoms with van der Waals surface area (Å²) in [4.78, 5) is 0. The first kappa shape index (κ1) is 14.3. The second-order valence-electron chi connectivity index (χ2n) is 5.41. The number of hydrogen-bond acceptors (Lipinski definition) is 5. The number of nitrogens with zero attached hydrogens (tertiary/aromatic N) is 4. The van der Waals surface area contributed by atoms with Gasteiger partial charge in [-0.3, -0.25) is 0 Å². The fourth-order valence-corrected chi connectivity index (χ4v) is 2.41. The number of rotatable bonds is 5. The molecule has 0 saturated carbocycles. The van der Waals surface area contributed by atoms with E-state index in [1.54, 1.807) is 11.7 Å². The van der Waals surface area contributed by atoms with Crippen molar-refractivity contribution in [2.75, 3.05) is 5.32 Å². The van der Waals surface area contributed by atoms with Gasteiger partial charge in [0.15, 0.2) is 0 Å². The summed E-state index contributed by atoms with van der Waals surface area (Å²) in [5.74, 6) is 1.51. The van der Waals surface area contributed by atoms with E-state index in [1.807, 2.05) is 32.0 Å². The van der Waals surface area contributed by atoms with E-state index in [1.165, 1.54) is 10.8 Å². The second kappa shape index (κ2) is 6.01. The molecule has 0 saturated heterocycles. The number of fused-ring (bicyclic) bond motifs is 1. The lowest BCUT2D eigenvalue weighted by Gasteiger charge is -2.17. The summed E-state index contributed by atoms with van der Waals surface area (Å²) in [6.07, 6.45) is 0.122. The lowest BCUT2D eigenvalue weighted by atomic mass is 10.0. The van der Waals surface area contributed by atoms with Crippen LogP contribution in [0.4, 0.5) is 5.95 Å². The number of nitrogens with one attached hydrogen (secondary N) is 1. The van der Waals surface area contributed by atoms with Gasteiger partial charge in [0.1, 0.15) is 5.75 Å². The van der Waals surface area contributed by atoms with E-state index in [2.05, 4.69) is 39.0 Å². The van der Waals surface area contributed by atoms with Crippen molar-refractivity contribution in [3.63, 3.8) is 0 Å². The van der Waals surface area contributed by atoms with Crippen molar-refractivity contribution in [2.24, 2.45) is 7.05 Å². The molecular formula is C16H19N5O. The van der Waals surface area contributed by atoms with Gasteiger partial charge in [-0.2, -0.15) is 0 Å². The summed E-state index contributed by atoms with van der Waals surface area (Å²) >= 11 is 0. The third-order valence-corrected chi connectivity index (χ3v) is 3.40. The van der Waals surface area contributed by atoms with Crippen LogP contribution in [0.2, 0.25) is 0 Å². The minimum absolute atomic E-state index is 0.122. The molecule has 0 spiro atoms. The Morgan fingerprint density at radius 2 is 2.00 bits per heavy atom. The number of hydrogen-bond donors (Lipinski definition) is 1. The van der Waals surface area contributed by atoms with Gasteiger partial charge in [-0.1, -0.05) is 35.4 Å². The van der Waals surface area contributed by atoms with Crippen molar-refractivity contribution in [2.45, 2.75) is 26.5 Å². The highest BCUT2D eigenvalue weighted by atomic mass is 16.5. The molecule has 0 bridgehead atoms. The van der Waals surface area contributed by atoms with Crippen molar-refractivity contribution in [1.82, 2.24) is 20.2 Å². The average Bonchev–Trinajstić information content (AvgIpc) is 2.91. The summed E-state index contributed by atoms with van der Waals surface area (Å²) < 4.78 is 7.56. The molecule has 0 unspecified atom stereocenters. The summed E-state index contributed by atoms with van der Waals surface area (Å²) in [5.41, 5.74) is 1.11. The SMILES string of the molecule is CC(C)Oc1ccc2ccccc2c1CNc1nnnn1C. The molecule has 1 N–H and O–H groups in total. The molecule has 3 aromatic rings. The third-order valence-electron chi connectivity index (χ3n) is 3.40. The maximum Gasteiger partial charge on any atom is 0.242 e. The van der Waals surface area contributed by atoms with Gasteiger partial charge < -0.3 is 10.1 Å². The summed E-state index contributed by atoms with van der Waals surface area (Å²) in [7, 11) is 1.80. The highest BCUT2D eigenvalue weighted by molar-refractivity contribution is 5.88. The van der Waals surface area contributed by atoms with Gasteiger partial charge in [-0.05, 0) is 41.1 Å². The Hall–Kier alpha value is -2.63. The number of anilines is 1. The predicted molar refractivity (Wildman–Crippen MR) is 85.8 cm³/mol. The van der Waals surface area contributed by atoms with Gasteiger partial charge in [0.2, 0.25) is 5.95 Å². The van der Waals surface area contributed by atoms with Crippen molar-refractivity contribution in [3.05, 3.63) is 42.0 Å². The maximum atomic E-state index is 5.96. The van der Waals surface area contributed by atoms with Gasteiger partial charge in [-0.25, -0.2) is 4.68 Å². The van der Waals surface area contributed by atoms with Crippen LogP contribution in [0.5, 0.6) is 5.75 Å². The number of aromatic nitrogens is 4. The molecule has 3 rings (SSSR count). The highest BCUT2D eigenvalue weighted by Gasteiger charge is 2.11. The Morgan fingerprint density at radius 3 is 2.73 bits per heavy atom. The van der Waals surface area contributed by atoms with Crippen LogP contribution in [0.15, 0.2) is 36.4 Å². The van der Waals surface area contributed by atoms with Crippen molar-refractivity contribution in [3.8, 4) is 5.75 Å². The summed E-state index contributed by atoms with van der Waals surface area (Å²) in [6.45, 7) is 4.65. The fourth-order valence-electron chi connectivity index (χ4n) is 2.41. The maximum absolute atomic E-state index is 5.96. The van der Waals surface area contributed by atoms with E-state index in [4.69, 9.17) is 4.74 Å². The Kier molecular flexibility index (Phi) is 3.91. The number of aryl methyl sites for hydroxylation is 1. The topological polar surface area (TPSA) is 64.9 Å². The van der Waals surface area contributed by atoms with Crippen LogP contribution in [-0.4, -0.2) is 26.3 Å². The molecule has 6 heteroatoms. The lowest BCUT2D eigenvalue weighted by molar-refractivity contribution is 0.240. The van der Waals surface area contributed by atoms with E-state index in [0.717, 1.165) is 11.3 Å². The van der Waals surface area contributed by atoms with Crippen molar-refractivity contribution < 1.29 is 4.74 Å². The van der Waals surface area contributed by atoms with Gasteiger partial charge in [0.25, 0.3) is 0 Å². The zero-order chi connectivity index (χ0) is 15.5. The molecule has 6 nitrogen and oxygen atoms in total. The fraction of sp³-hybridized carbons (Fsp3) is 0.312. The van der Waals surface area contributed by atoms with Crippen molar-refractivity contribution in [1.29, 1.82) is 0 Å². The normalized spacial score (nSPS) is 11.1. The molecule has 114 valence electrons. The van der Waals surface area contributed by atoms with Gasteiger partial charge in [0.05, 0.1) is 6.10 Å². The minimum Gasteiger partial charge on any atom is -0.491 e. The van der Waals surface area contributed by atoms with E-state index >= 15 is 0 Å². The molecule has 2 aromatic carbocycles. The Bertz CT molecular complexity index is 781. The molecule has 1 aromatic heterocycles. The smallest absolute Gasteiger partial charge is 0.242 e. The number of tetrazole rings is 1. The van der Waals surface area contributed by atoms with Crippen LogP contribution in [-0.2, 0) is 13.6 Å². The molecule has 0 atom stereocenters. The molecule has 0 aliphatic carbocycles. The molecule has 0 radical (unpaired) electrons. The average molecular weight is 297 g/mol. The first-order valence-electron chi connectivity index (χ1n) is 7.28. The molecular weight excluding hydrogens is 278 g/mol. The molecule has 0 aliphatic rings. The van der Waals surface area contributed by atoms with Crippen LogP contribution in [0, 0.1) is 0 Å². The van der Waals surface area contributed by atoms with Crippen LogP contribution in [0.1, 0.15) is 19.4 Å². The quantitative estimate of drug-likeness (QED) is 0.784. The highest BCUT2D eigenvalue weighted by Crippen LogP contribution is 2.29. The molecule has 0 fully saturated rings. The monoisotopic (exact) mass is 297 g/mol. The second-order valence-corrected chi connectivity index (χ2v) is 5.41. The van der Waals surface area contributed by atoms with E-state index in [0.29, 0.717) is 12.5 Å². The summed E-state index contributed by atoms with van der Waals surface area (Å²) in [5, 5.41) is 17.0. The molecule has 22 heavy (non-hydrogen) atoms. The Labute approximate surface area is 129 Å². The van der Waals surface area contributed by atoms with Gasteiger partial charge in [0, 0.05) is 19.2 Å². The van der Waals surface area contributed by atoms with Crippen molar-refractivity contribution >= 4 is 16.7 Å². The van der Waals surface area contributed by atoms with E-state index in [-0.39, 0.29) is 6.10 Å². The third kappa shape index (κ3) is 2.86. The predicted octanol–water partition coefficient (Wildman–Crippen LogP) is 2.76. The van der Waals surface area contributed by atoms with Crippen LogP contribution < -0.4 is 10.1 Å². The number of benzene rings is 2. The van der Waals surface area contributed by atoms with E-state index in [9.17, 15) is 0 Å². The first-order chi connectivity index (χ1) is 10.6. The van der Waals surface area contributed by atoms with Gasteiger partial charge >= 0.3 is 0 Å². The standard InChI is InChI=1S/C16H19N5O/c1-11(2)22-15-9-8-12-6-4-5-7-13(12)14(15)10-17-16-18-19-20-21(16)3/h4-9,11H,10H2,1-3H3,(H,17,18,20). The minimum atomic E-state index is 0.122. The van der Waals surface area contributed by atoms with Crippen LogP contribution in [0.3, 0.4) is 0 Å². The largest absolute Gasteiger partial charge is 0.491 e. The van der Waals surface area contributed by atoms with Crippen LogP contribution >= 0.6 is 0 Å². The Balaban J connectivity index is 1.98. The van der Waals surface area contributed by atoms with E-state index < -0.39 is 0 Å². The Morgan fingerprint density at radius 1 is 1.18 bits per heavy atom. The zero-order valence-corrected chi connectivity index (χ0v) is 12.9. The first-order valence-corrected chi connectivity index (χ1v) is 7.28. The summed E-state index contributed by atoms with van der Waals surface area (Å²) in [6, 6.07) is 12.4. The van der Waals surface area contributed by atoms with Crippen LogP contribution in [0.25, 0.3) is 10.8 Å². The number of ether oxygens (including phenoxy) is 1. The molecule has 1 heterocycles. The molecule has 0 amide bonds. The lowest BCUT2D eigenvalue weighted by Crippen LogP contribution is -2.11. The molecule has 0 aliphatic heterocycles. The zero-order valence-electron chi connectivity index (χ0n) is 12.9. The van der Waals surface area contributed by atoms with Gasteiger partial charge in [-0.15, -0.1) is 0 Å².